The third kappa shape index (κ3) is 3.84. The highest BCUT2D eigenvalue weighted by molar-refractivity contribution is 6.30. The molecule has 1 amide bonds. The lowest BCUT2D eigenvalue weighted by Crippen LogP contribution is -2.68. The van der Waals surface area contributed by atoms with Crippen LogP contribution >= 0.6 is 23.2 Å². The molecule has 3 atom stereocenters. The summed E-state index contributed by atoms with van der Waals surface area (Å²) >= 11 is 12.0. The molecule has 0 aliphatic carbocycles. The van der Waals surface area contributed by atoms with Gasteiger partial charge in [0.2, 0.25) is 5.28 Å². The largest absolute Gasteiger partial charge is 0.444 e. The van der Waals surface area contributed by atoms with Crippen LogP contribution in [0.15, 0.2) is 6.20 Å². The van der Waals surface area contributed by atoms with Gasteiger partial charge in [0.25, 0.3) is 0 Å². The number of nitrogens with zero attached hydrogens (tertiary/aromatic N) is 5. The third-order valence-corrected chi connectivity index (χ3v) is 6.50. The smallest absolute Gasteiger partial charge is 0.411 e. The molecule has 2 bridgehead atoms. The minimum atomic E-state index is -2.68. The number of carbonyl (C=O) groups excluding carboxylic acids is 1. The van der Waals surface area contributed by atoms with E-state index in [2.05, 4.69) is 15.0 Å². The normalized spacial score (nSPS) is 26.0. The van der Waals surface area contributed by atoms with Crippen molar-refractivity contribution >= 4 is 46.0 Å². The minimum absolute atomic E-state index is 0.0808. The number of ether oxygens (including phenoxy) is 2. The number of halogens is 3. The number of hydrogen-bond donors (Lipinski definition) is 0. The van der Waals surface area contributed by atoms with Crippen LogP contribution in [0.25, 0.3) is 10.9 Å². The van der Waals surface area contributed by atoms with Crippen LogP contribution in [0.2, 0.25) is 10.4 Å². The van der Waals surface area contributed by atoms with E-state index < -0.39 is 36.2 Å². The van der Waals surface area contributed by atoms with Gasteiger partial charge in [0.05, 0.1) is 27.2 Å². The number of hydrogen-bond acceptors (Lipinski definition) is 7. The quantitative estimate of drug-likeness (QED) is 0.465. The number of carbonyl (C=O) groups is 1. The molecular weight excluding hydrogens is 460 g/mol. The summed E-state index contributed by atoms with van der Waals surface area (Å²) in [5.41, 5.74) is -1.88. The lowest BCUT2D eigenvalue weighted by Gasteiger charge is -2.51. The van der Waals surface area contributed by atoms with E-state index in [-0.39, 0.29) is 28.5 Å². The summed E-state index contributed by atoms with van der Waals surface area (Å²) in [7, 11) is -2.68. The first-order valence-corrected chi connectivity index (χ1v) is 11.0. The fourth-order valence-corrected chi connectivity index (χ4v) is 4.98. The summed E-state index contributed by atoms with van der Waals surface area (Å²) in [6.07, 6.45) is 0.984. The molecule has 4 heterocycles. The Balaban J connectivity index is 1.80. The van der Waals surface area contributed by atoms with Crippen molar-refractivity contribution < 1.29 is 22.8 Å². The Bertz CT molecular complexity index is 1170. The molecular formula is C21H26Cl2FN5O3. The molecule has 2 aliphatic rings. The number of rotatable bonds is 3. The van der Waals surface area contributed by atoms with Crippen LogP contribution < -0.4 is 4.90 Å². The van der Waals surface area contributed by atoms with Gasteiger partial charge in [-0.05, 0) is 52.1 Å². The Morgan fingerprint density at radius 1 is 1.41 bits per heavy atom. The monoisotopic (exact) mass is 488 g/mol. The first kappa shape index (κ1) is 19.5. The number of methoxy groups -OCH3 is 1. The Kier molecular flexibility index (Phi) is 4.94. The Hall–Kier alpha value is -1.97. The van der Waals surface area contributed by atoms with Crippen molar-refractivity contribution in [3.63, 3.8) is 0 Å². The maximum atomic E-state index is 14.7. The second kappa shape index (κ2) is 8.11. The van der Waals surface area contributed by atoms with E-state index in [0.29, 0.717) is 30.6 Å². The second-order valence-electron chi connectivity index (χ2n) is 9.23. The van der Waals surface area contributed by atoms with Gasteiger partial charge in [0.1, 0.15) is 16.9 Å². The molecule has 2 saturated heterocycles. The predicted octanol–water partition coefficient (Wildman–Crippen LogP) is 4.46. The van der Waals surface area contributed by atoms with Gasteiger partial charge in [-0.25, -0.2) is 19.2 Å². The van der Waals surface area contributed by atoms with Crippen LogP contribution in [0.3, 0.4) is 0 Å². The average molecular weight is 489 g/mol. The summed E-state index contributed by atoms with van der Waals surface area (Å²) in [6.45, 7) is 7.39. The zero-order chi connectivity index (χ0) is 25.9. The first-order valence-electron chi connectivity index (χ1n) is 11.7. The molecule has 8 nitrogen and oxygen atoms in total. The van der Waals surface area contributed by atoms with E-state index in [1.165, 1.54) is 6.20 Å². The highest BCUT2D eigenvalue weighted by Crippen LogP contribution is 2.45. The predicted molar refractivity (Wildman–Crippen MR) is 120 cm³/mol. The van der Waals surface area contributed by atoms with Crippen molar-refractivity contribution in [1.29, 1.82) is 0 Å². The van der Waals surface area contributed by atoms with E-state index in [1.54, 1.807) is 32.6 Å². The molecule has 0 spiro atoms. The second-order valence-corrected chi connectivity index (χ2v) is 9.92. The van der Waals surface area contributed by atoms with Gasteiger partial charge in [-0.15, -0.1) is 0 Å². The van der Waals surface area contributed by atoms with Gasteiger partial charge in [-0.1, -0.05) is 11.6 Å². The van der Waals surface area contributed by atoms with Gasteiger partial charge in [0.15, 0.2) is 11.0 Å². The molecule has 2 fully saturated rings. The maximum absolute atomic E-state index is 14.7. The van der Waals surface area contributed by atoms with Gasteiger partial charge < -0.3 is 14.4 Å². The molecule has 0 radical (unpaired) electrons. The number of fused-ring (bicyclic) bond motifs is 3. The summed E-state index contributed by atoms with van der Waals surface area (Å²) in [5.74, 6) is -0.511. The Labute approximate surface area is 200 Å². The summed E-state index contributed by atoms with van der Waals surface area (Å²) in [6, 6.07) is -0.338. The van der Waals surface area contributed by atoms with Crippen LogP contribution in [0.5, 0.6) is 0 Å². The number of amides is 1. The number of anilines is 1. The van der Waals surface area contributed by atoms with Crippen molar-refractivity contribution in [3.05, 3.63) is 22.5 Å². The van der Waals surface area contributed by atoms with Crippen molar-refractivity contribution in [2.24, 2.45) is 0 Å². The maximum Gasteiger partial charge on any atom is 0.411 e. The lowest BCUT2D eigenvalue weighted by atomic mass is 9.88. The Morgan fingerprint density at radius 2 is 2.16 bits per heavy atom. The molecule has 32 heavy (non-hydrogen) atoms. The first-order chi connectivity index (χ1) is 16.1. The molecule has 2 aromatic heterocycles. The van der Waals surface area contributed by atoms with Crippen molar-refractivity contribution in [2.75, 3.05) is 25.0 Å². The number of piperazine rings is 1. The summed E-state index contributed by atoms with van der Waals surface area (Å²) < 4.78 is 48.7. The molecule has 2 aliphatic heterocycles. The topological polar surface area (TPSA) is 80.7 Å². The van der Waals surface area contributed by atoms with Crippen LogP contribution in [-0.4, -0.2) is 69.4 Å². The summed E-state index contributed by atoms with van der Waals surface area (Å²) in [4.78, 5) is 28.9. The van der Waals surface area contributed by atoms with E-state index in [9.17, 15) is 9.18 Å². The molecule has 2 aromatic rings. The number of aromatic nitrogens is 3. The Morgan fingerprint density at radius 3 is 2.84 bits per heavy atom. The highest BCUT2D eigenvalue weighted by Gasteiger charge is 2.58. The van der Waals surface area contributed by atoms with Crippen molar-refractivity contribution in [2.45, 2.75) is 63.8 Å². The zero-order valence-electron chi connectivity index (χ0n) is 21.2. The molecule has 0 aromatic carbocycles. The van der Waals surface area contributed by atoms with Gasteiger partial charge in [0, 0.05) is 26.3 Å². The number of pyridine rings is 1. The van der Waals surface area contributed by atoms with E-state index in [0.717, 1.165) is 0 Å². The van der Waals surface area contributed by atoms with Gasteiger partial charge in [-0.2, -0.15) is 4.98 Å². The summed E-state index contributed by atoms with van der Waals surface area (Å²) in [5, 5.41) is -0.235. The van der Waals surface area contributed by atoms with E-state index >= 15 is 0 Å². The minimum Gasteiger partial charge on any atom is -0.444 e. The van der Waals surface area contributed by atoms with Crippen LogP contribution in [0, 0.1) is 5.82 Å². The van der Waals surface area contributed by atoms with Gasteiger partial charge in [-0.3, -0.25) is 4.90 Å². The van der Waals surface area contributed by atoms with Crippen molar-refractivity contribution in [1.82, 2.24) is 19.9 Å². The SMILES string of the molecule is [2H]C([2H])([2H])OC(C)C12CCC(CN(c3nc(Cl)nc4c(F)c(Cl)ncc34)C1)N2C(=O)OC(C)(C)C. The van der Waals surface area contributed by atoms with Crippen LogP contribution in [-0.2, 0) is 9.47 Å². The molecule has 0 N–H and O–H groups in total. The van der Waals surface area contributed by atoms with Crippen LogP contribution in [0.1, 0.15) is 44.6 Å². The fraction of sp³-hybridized carbons (Fsp3) is 0.619. The van der Waals surface area contributed by atoms with Crippen molar-refractivity contribution in [3.8, 4) is 0 Å². The molecule has 3 unspecified atom stereocenters. The average Bonchev–Trinajstić information content (AvgIpc) is 2.96. The molecule has 0 saturated carbocycles. The third-order valence-electron chi connectivity index (χ3n) is 6.07. The molecule has 11 heteroatoms. The van der Waals surface area contributed by atoms with E-state index in [1.807, 2.05) is 4.90 Å². The standard InChI is InChI=1S/C21H26Cl2FN5O3/c1-11(31-5)21-7-6-12(29(21)19(30)32-20(2,3)4)9-28(10-21)17-13-8-25-16(22)14(24)15(13)26-18(23)27-17/h8,11-12H,6-7,9-10H2,1-5H3/i5D3. The van der Waals surface area contributed by atoms with Crippen LogP contribution in [0.4, 0.5) is 15.0 Å². The highest BCUT2D eigenvalue weighted by atomic mass is 35.5. The fourth-order valence-electron chi connectivity index (χ4n) is 4.68. The molecule has 174 valence electrons. The zero-order valence-corrected chi connectivity index (χ0v) is 19.7. The van der Waals surface area contributed by atoms with Gasteiger partial charge >= 0.3 is 6.09 Å². The molecule has 4 rings (SSSR count). The lowest BCUT2D eigenvalue weighted by molar-refractivity contribution is -0.0553. The van der Waals surface area contributed by atoms with E-state index in [4.69, 9.17) is 36.8 Å².